The molecule has 0 aromatic carbocycles. The summed E-state index contributed by atoms with van der Waals surface area (Å²) in [6, 6.07) is 0. The molecule has 0 aliphatic heterocycles. The number of hydrogen-bond acceptors (Lipinski definition) is 6. The van der Waals surface area contributed by atoms with Gasteiger partial charge in [-0.1, -0.05) is 41.5 Å². The standard InChI is InChI=1S/C24H42BN3O6/c1-9-23(7,20(33)28-13-18(31)10-25)17(4)24(8,21(34)27-12-16(3)30)14-22(5,6)19(32)26-11-15(2)29/h15,17,29H,9-14H2,1-8H3,(H,26,32)(H,27,34)(H,28,33)/i3D. The molecule has 0 aromatic heterocycles. The Hall–Kier alpha value is -2.23. The van der Waals surface area contributed by atoms with E-state index in [0.29, 0.717) is 6.42 Å². The molecule has 0 saturated carbocycles. The van der Waals surface area contributed by atoms with Crippen molar-refractivity contribution in [2.24, 2.45) is 22.2 Å². The maximum Gasteiger partial charge on any atom is 0.226 e. The Bertz CT molecular complexity index is 791. The average molecular weight is 480 g/mol. The number of Topliss-reactive ketones (excluding diaryl/α,β-unsaturated/α-hetero) is 2. The lowest BCUT2D eigenvalue weighted by Crippen LogP contribution is -2.56. The number of nitrogens with one attached hydrogen (secondary N) is 3. The van der Waals surface area contributed by atoms with Crippen molar-refractivity contribution < 1.29 is 30.4 Å². The number of aliphatic hydroxyl groups excluding tert-OH is 1. The van der Waals surface area contributed by atoms with Gasteiger partial charge in [-0.2, -0.15) is 0 Å². The van der Waals surface area contributed by atoms with Gasteiger partial charge in [0.05, 0.1) is 32.5 Å². The highest BCUT2D eigenvalue weighted by Crippen LogP contribution is 2.49. The monoisotopic (exact) mass is 480 g/mol. The Morgan fingerprint density at radius 1 is 0.912 bits per heavy atom. The van der Waals surface area contributed by atoms with Gasteiger partial charge in [-0.05, 0) is 38.9 Å². The van der Waals surface area contributed by atoms with Gasteiger partial charge >= 0.3 is 0 Å². The SMILES string of the molecule is [2H]CC(=O)CNC(=O)C(C)(CC(C)(C)C(=O)NCC(C)O)C(C)C(C)(CC)C(=O)NCC(=O)C[B]. The van der Waals surface area contributed by atoms with Crippen LogP contribution >= 0.6 is 0 Å². The summed E-state index contributed by atoms with van der Waals surface area (Å²) in [7, 11) is 5.33. The minimum atomic E-state index is -1.30. The molecule has 0 bridgehead atoms. The molecule has 0 saturated heterocycles. The fourth-order valence-corrected chi connectivity index (χ4v) is 4.11. The lowest BCUT2D eigenvalue weighted by Gasteiger charge is -2.46. The minimum Gasteiger partial charge on any atom is -0.392 e. The van der Waals surface area contributed by atoms with E-state index in [2.05, 4.69) is 16.0 Å². The van der Waals surface area contributed by atoms with E-state index < -0.39 is 52.8 Å². The van der Waals surface area contributed by atoms with E-state index >= 15 is 0 Å². The van der Waals surface area contributed by atoms with Crippen molar-refractivity contribution in [3.63, 3.8) is 0 Å². The number of ketones is 2. The summed E-state index contributed by atoms with van der Waals surface area (Å²) in [5.41, 5.74) is -3.48. The number of amides is 3. The second kappa shape index (κ2) is 13.0. The molecule has 10 heteroatoms. The molecule has 0 aliphatic rings. The van der Waals surface area contributed by atoms with E-state index in [9.17, 15) is 29.1 Å². The van der Waals surface area contributed by atoms with E-state index in [0.717, 1.165) is 0 Å². The second-order valence-corrected chi connectivity index (χ2v) is 10.2. The van der Waals surface area contributed by atoms with Gasteiger partial charge in [0.2, 0.25) is 17.7 Å². The highest BCUT2D eigenvalue weighted by molar-refractivity contribution is 6.20. The first-order chi connectivity index (χ1) is 16.0. The Morgan fingerprint density at radius 2 is 1.44 bits per heavy atom. The normalized spacial score (nSPS) is 17.2. The molecule has 0 aliphatic carbocycles. The number of carbonyl (C=O) groups excluding carboxylic acids is 5. The number of hydrogen-bond donors (Lipinski definition) is 4. The van der Waals surface area contributed by atoms with Crippen molar-refractivity contribution in [3.05, 3.63) is 0 Å². The second-order valence-electron chi connectivity index (χ2n) is 10.2. The number of aliphatic hydroxyl groups is 1. The summed E-state index contributed by atoms with van der Waals surface area (Å²) in [4.78, 5) is 62.9. The van der Waals surface area contributed by atoms with Crippen molar-refractivity contribution in [2.75, 3.05) is 19.6 Å². The molecule has 4 atom stereocenters. The topological polar surface area (TPSA) is 142 Å². The first kappa shape index (κ1) is 29.8. The lowest BCUT2D eigenvalue weighted by atomic mass is 9.57. The highest BCUT2D eigenvalue weighted by atomic mass is 16.3. The molecule has 0 fully saturated rings. The molecule has 4 unspecified atom stereocenters. The van der Waals surface area contributed by atoms with Crippen molar-refractivity contribution in [3.8, 4) is 0 Å². The van der Waals surface area contributed by atoms with Gasteiger partial charge in [-0.15, -0.1) is 0 Å². The molecule has 3 amide bonds. The molecular formula is C24H42BN3O6. The largest absolute Gasteiger partial charge is 0.392 e. The Morgan fingerprint density at radius 3 is 1.91 bits per heavy atom. The predicted molar refractivity (Wildman–Crippen MR) is 131 cm³/mol. The first-order valence-electron chi connectivity index (χ1n) is 12.3. The fourth-order valence-electron chi connectivity index (χ4n) is 4.11. The zero-order chi connectivity index (χ0) is 27.6. The summed E-state index contributed by atoms with van der Waals surface area (Å²) in [6.45, 7) is 10.7. The molecule has 0 spiro atoms. The third-order valence-corrected chi connectivity index (χ3v) is 6.79. The van der Waals surface area contributed by atoms with Crippen LogP contribution in [-0.4, -0.2) is 68.0 Å². The van der Waals surface area contributed by atoms with Gasteiger partial charge in [0.1, 0.15) is 11.6 Å². The molecular weight excluding hydrogens is 437 g/mol. The van der Waals surface area contributed by atoms with Gasteiger partial charge in [0.15, 0.2) is 0 Å². The summed E-state index contributed by atoms with van der Waals surface area (Å²) in [5, 5.41) is 17.4. The minimum absolute atomic E-state index is 0.0261. The third-order valence-electron chi connectivity index (χ3n) is 6.79. The first-order valence-corrected chi connectivity index (χ1v) is 11.6. The average Bonchev–Trinajstić information content (AvgIpc) is 2.81. The van der Waals surface area contributed by atoms with Crippen LogP contribution in [0.15, 0.2) is 0 Å². The van der Waals surface area contributed by atoms with Crippen LogP contribution in [0.4, 0.5) is 0 Å². The van der Waals surface area contributed by atoms with Crippen LogP contribution in [0.25, 0.3) is 0 Å². The highest BCUT2D eigenvalue weighted by Gasteiger charge is 2.53. The quantitative estimate of drug-likeness (QED) is 0.257. The fraction of sp³-hybridized carbons (Fsp3) is 0.792. The van der Waals surface area contributed by atoms with Gasteiger partial charge in [-0.25, -0.2) is 0 Å². The molecule has 0 rings (SSSR count). The van der Waals surface area contributed by atoms with E-state index in [4.69, 9.17) is 9.22 Å². The lowest BCUT2D eigenvalue weighted by molar-refractivity contribution is -0.149. The van der Waals surface area contributed by atoms with Gasteiger partial charge < -0.3 is 21.1 Å². The summed E-state index contributed by atoms with van der Waals surface area (Å²) >= 11 is 0. The van der Waals surface area contributed by atoms with Crippen LogP contribution in [0.2, 0.25) is 6.32 Å². The number of carbonyl (C=O) groups is 5. The molecule has 0 heterocycles. The van der Waals surface area contributed by atoms with Crippen molar-refractivity contribution >= 4 is 37.1 Å². The van der Waals surface area contributed by atoms with E-state index in [1.54, 1.807) is 41.5 Å². The third kappa shape index (κ3) is 8.53. The summed E-state index contributed by atoms with van der Waals surface area (Å²) in [6.07, 6.45) is -0.598. The van der Waals surface area contributed by atoms with E-state index in [1.807, 2.05) is 0 Å². The van der Waals surface area contributed by atoms with Crippen molar-refractivity contribution in [1.82, 2.24) is 16.0 Å². The summed E-state index contributed by atoms with van der Waals surface area (Å²) in [5.74, 6) is -2.76. The van der Waals surface area contributed by atoms with E-state index in [1.165, 1.54) is 6.92 Å². The van der Waals surface area contributed by atoms with Crippen LogP contribution in [-0.2, 0) is 24.0 Å². The molecule has 9 nitrogen and oxygen atoms in total. The van der Waals surface area contributed by atoms with Gasteiger partial charge in [0, 0.05) is 18.7 Å². The maximum absolute atomic E-state index is 13.5. The van der Waals surface area contributed by atoms with Crippen LogP contribution in [0.1, 0.15) is 69.6 Å². The van der Waals surface area contributed by atoms with Gasteiger partial charge in [0.25, 0.3) is 0 Å². The smallest absolute Gasteiger partial charge is 0.226 e. The van der Waals surface area contributed by atoms with Gasteiger partial charge in [-0.3, -0.25) is 24.0 Å². The maximum atomic E-state index is 13.5. The van der Waals surface area contributed by atoms with Crippen LogP contribution < -0.4 is 16.0 Å². The van der Waals surface area contributed by atoms with Crippen LogP contribution in [0.3, 0.4) is 0 Å². The molecule has 2 radical (unpaired) electrons. The summed E-state index contributed by atoms with van der Waals surface area (Å²) < 4.78 is 7.19. The van der Waals surface area contributed by atoms with E-state index in [-0.39, 0.29) is 44.1 Å². The molecule has 34 heavy (non-hydrogen) atoms. The molecule has 0 aromatic rings. The number of rotatable bonds is 15. The van der Waals surface area contributed by atoms with Crippen LogP contribution in [0, 0.1) is 22.2 Å². The predicted octanol–water partition coefficient (Wildman–Crippen LogP) is 0.936. The zero-order valence-electron chi connectivity index (χ0n) is 22.7. The molecule has 192 valence electrons. The Kier molecular flexibility index (Phi) is 11.4. The van der Waals surface area contributed by atoms with Crippen molar-refractivity contribution in [1.29, 1.82) is 0 Å². The Labute approximate surface area is 206 Å². The van der Waals surface area contributed by atoms with Crippen LogP contribution in [0.5, 0.6) is 0 Å². The molecule has 4 N–H and O–H groups in total. The Balaban J connectivity index is 6.23. The van der Waals surface area contributed by atoms with Crippen molar-refractivity contribution in [2.45, 2.75) is 80.6 Å². The zero-order valence-corrected chi connectivity index (χ0v) is 21.7.